The standard InChI is InChI=1S/C20H17FN4.C3H7NO2/c21-19-11-16(9-10-17(19)12-22)14-5-7-15(8-6-14)20-13-23-24-25(20)18-3-1-2-4-18;1-2-4-3(5)6/h5-11,13,18H,1-4H2;4H,2H2,1H3,(H,5,6). The van der Waals surface area contributed by atoms with E-state index in [1.807, 2.05) is 35.0 Å². The first-order valence-corrected chi connectivity index (χ1v) is 10.2. The summed E-state index contributed by atoms with van der Waals surface area (Å²) in [6.45, 7) is 2.21. The summed E-state index contributed by atoms with van der Waals surface area (Å²) in [5.74, 6) is -0.493. The van der Waals surface area contributed by atoms with Crippen molar-refractivity contribution in [3.05, 3.63) is 60.0 Å². The number of halogens is 1. The molecule has 0 unspecified atom stereocenters. The van der Waals surface area contributed by atoms with Gasteiger partial charge in [0.15, 0.2) is 0 Å². The molecule has 3 aromatic rings. The molecule has 1 amide bonds. The Bertz CT molecular complexity index is 1070. The number of nitrogens with zero attached hydrogens (tertiary/aromatic N) is 4. The SMILES string of the molecule is CCNC(=O)O.N#Cc1ccc(-c2ccc(-c3cnnn3C3CCCC3)cc2)cc1F. The molecule has 1 aliphatic rings. The summed E-state index contributed by atoms with van der Waals surface area (Å²) in [6.07, 6.45) is 5.63. The Labute approximate surface area is 180 Å². The summed E-state index contributed by atoms with van der Waals surface area (Å²) in [4.78, 5) is 9.49. The van der Waals surface area contributed by atoms with Crippen LogP contribution in [-0.2, 0) is 0 Å². The van der Waals surface area contributed by atoms with Gasteiger partial charge in [-0.3, -0.25) is 0 Å². The summed E-state index contributed by atoms with van der Waals surface area (Å²) in [5, 5.41) is 27.1. The molecular weight excluding hydrogens is 397 g/mol. The Hall–Kier alpha value is -3.73. The zero-order chi connectivity index (χ0) is 22.2. The van der Waals surface area contributed by atoms with Gasteiger partial charge in [0, 0.05) is 12.1 Å². The number of carboxylic acid groups (broad SMARTS) is 1. The Morgan fingerprint density at radius 1 is 1.19 bits per heavy atom. The number of nitrogens with one attached hydrogen (secondary N) is 1. The van der Waals surface area contributed by atoms with Gasteiger partial charge in [0.05, 0.1) is 23.5 Å². The molecule has 2 aromatic carbocycles. The van der Waals surface area contributed by atoms with Crippen LogP contribution in [0.1, 0.15) is 44.2 Å². The van der Waals surface area contributed by atoms with Crippen LogP contribution in [0.15, 0.2) is 48.7 Å². The maximum absolute atomic E-state index is 13.8. The van der Waals surface area contributed by atoms with Crippen molar-refractivity contribution in [2.45, 2.75) is 38.6 Å². The van der Waals surface area contributed by atoms with Crippen LogP contribution in [0.3, 0.4) is 0 Å². The highest BCUT2D eigenvalue weighted by Gasteiger charge is 2.21. The molecule has 1 saturated carbocycles. The fraction of sp³-hybridized carbons (Fsp3) is 0.304. The van der Waals surface area contributed by atoms with Gasteiger partial charge >= 0.3 is 6.09 Å². The van der Waals surface area contributed by atoms with Crippen molar-refractivity contribution in [3.8, 4) is 28.5 Å². The molecule has 0 spiro atoms. The van der Waals surface area contributed by atoms with E-state index >= 15 is 0 Å². The van der Waals surface area contributed by atoms with Crippen molar-refractivity contribution in [3.63, 3.8) is 0 Å². The van der Waals surface area contributed by atoms with E-state index in [9.17, 15) is 9.18 Å². The maximum atomic E-state index is 13.8. The minimum atomic E-state index is -0.961. The maximum Gasteiger partial charge on any atom is 0.404 e. The molecule has 7 nitrogen and oxygen atoms in total. The number of carbonyl (C=O) groups is 1. The monoisotopic (exact) mass is 421 g/mol. The molecule has 0 aliphatic heterocycles. The van der Waals surface area contributed by atoms with Crippen molar-refractivity contribution in [2.24, 2.45) is 0 Å². The predicted octanol–water partition coefficient (Wildman–Crippen LogP) is 5.01. The lowest BCUT2D eigenvalue weighted by Gasteiger charge is -2.13. The van der Waals surface area contributed by atoms with E-state index in [2.05, 4.69) is 15.6 Å². The minimum absolute atomic E-state index is 0.0620. The van der Waals surface area contributed by atoms with E-state index < -0.39 is 11.9 Å². The van der Waals surface area contributed by atoms with E-state index in [0.29, 0.717) is 12.6 Å². The number of hydrogen-bond acceptors (Lipinski definition) is 4. The molecule has 1 fully saturated rings. The van der Waals surface area contributed by atoms with Crippen LogP contribution in [0, 0.1) is 17.1 Å². The Morgan fingerprint density at radius 3 is 2.39 bits per heavy atom. The largest absolute Gasteiger partial charge is 0.465 e. The van der Waals surface area contributed by atoms with Gasteiger partial charge < -0.3 is 10.4 Å². The highest BCUT2D eigenvalue weighted by molar-refractivity contribution is 5.69. The van der Waals surface area contributed by atoms with Crippen molar-refractivity contribution in [1.29, 1.82) is 5.26 Å². The third kappa shape index (κ3) is 5.45. The Kier molecular flexibility index (Phi) is 7.33. The van der Waals surface area contributed by atoms with Crippen LogP contribution in [0.2, 0.25) is 0 Å². The normalized spacial score (nSPS) is 13.2. The van der Waals surface area contributed by atoms with Crippen molar-refractivity contribution in [2.75, 3.05) is 6.54 Å². The van der Waals surface area contributed by atoms with Crippen molar-refractivity contribution < 1.29 is 14.3 Å². The molecule has 4 rings (SSSR count). The van der Waals surface area contributed by atoms with Crippen molar-refractivity contribution >= 4 is 6.09 Å². The lowest BCUT2D eigenvalue weighted by Crippen LogP contribution is -2.19. The second kappa shape index (κ2) is 10.3. The number of hydrogen-bond donors (Lipinski definition) is 2. The van der Waals surface area contributed by atoms with Gasteiger partial charge in [0.2, 0.25) is 0 Å². The molecule has 160 valence electrons. The van der Waals surface area contributed by atoms with E-state index in [1.165, 1.54) is 25.0 Å². The summed E-state index contributed by atoms with van der Waals surface area (Å²) in [6, 6.07) is 14.9. The quantitative estimate of drug-likeness (QED) is 0.616. The summed E-state index contributed by atoms with van der Waals surface area (Å²) < 4.78 is 15.9. The minimum Gasteiger partial charge on any atom is -0.465 e. The van der Waals surface area contributed by atoms with Gasteiger partial charge in [-0.2, -0.15) is 5.26 Å². The molecule has 0 saturated heterocycles. The molecule has 0 bridgehead atoms. The van der Waals surface area contributed by atoms with E-state index in [1.54, 1.807) is 19.2 Å². The third-order valence-corrected chi connectivity index (χ3v) is 5.18. The lowest BCUT2D eigenvalue weighted by molar-refractivity contribution is 0.195. The predicted molar refractivity (Wildman–Crippen MR) is 115 cm³/mol. The molecule has 31 heavy (non-hydrogen) atoms. The van der Waals surface area contributed by atoms with E-state index in [-0.39, 0.29) is 5.56 Å². The first kappa shape index (κ1) is 22.0. The first-order valence-electron chi connectivity index (χ1n) is 10.2. The number of amides is 1. The van der Waals surface area contributed by atoms with Crippen LogP contribution < -0.4 is 5.32 Å². The molecule has 0 atom stereocenters. The first-order chi connectivity index (χ1) is 15.0. The van der Waals surface area contributed by atoms with Crippen LogP contribution >= 0.6 is 0 Å². The Balaban J connectivity index is 0.000000401. The topological polar surface area (TPSA) is 104 Å². The summed E-state index contributed by atoms with van der Waals surface area (Å²) in [5.41, 5.74) is 3.80. The fourth-order valence-corrected chi connectivity index (χ4v) is 3.64. The van der Waals surface area contributed by atoms with E-state index in [0.717, 1.165) is 35.2 Å². The molecule has 1 aliphatic carbocycles. The zero-order valence-electron chi connectivity index (χ0n) is 17.3. The highest BCUT2D eigenvalue weighted by Crippen LogP contribution is 2.33. The molecular formula is C23H24FN5O2. The number of aromatic nitrogens is 3. The average molecular weight is 421 g/mol. The summed E-state index contributed by atoms with van der Waals surface area (Å²) in [7, 11) is 0. The van der Waals surface area contributed by atoms with Gasteiger partial charge in [-0.15, -0.1) is 5.10 Å². The van der Waals surface area contributed by atoms with Gasteiger partial charge in [0.25, 0.3) is 0 Å². The second-order valence-electron chi connectivity index (χ2n) is 7.22. The smallest absolute Gasteiger partial charge is 0.404 e. The van der Waals surface area contributed by atoms with Crippen LogP contribution in [0.25, 0.3) is 22.4 Å². The molecule has 8 heteroatoms. The average Bonchev–Trinajstić information content (AvgIpc) is 3.46. The van der Waals surface area contributed by atoms with Gasteiger partial charge in [-0.25, -0.2) is 13.9 Å². The van der Waals surface area contributed by atoms with Gasteiger partial charge in [0.1, 0.15) is 11.9 Å². The van der Waals surface area contributed by atoms with Crippen LogP contribution in [0.5, 0.6) is 0 Å². The third-order valence-electron chi connectivity index (χ3n) is 5.18. The van der Waals surface area contributed by atoms with Crippen molar-refractivity contribution in [1.82, 2.24) is 20.3 Å². The van der Waals surface area contributed by atoms with E-state index in [4.69, 9.17) is 10.4 Å². The molecule has 1 aromatic heterocycles. The van der Waals surface area contributed by atoms with Gasteiger partial charge in [-0.1, -0.05) is 48.4 Å². The molecule has 0 radical (unpaired) electrons. The molecule has 2 N–H and O–H groups in total. The zero-order valence-corrected chi connectivity index (χ0v) is 17.3. The number of nitriles is 1. The second-order valence-corrected chi connectivity index (χ2v) is 7.22. The lowest BCUT2D eigenvalue weighted by atomic mass is 10.0. The van der Waals surface area contributed by atoms with Gasteiger partial charge in [-0.05, 0) is 43.0 Å². The number of rotatable bonds is 4. The Morgan fingerprint density at radius 2 is 1.84 bits per heavy atom. The summed E-state index contributed by atoms with van der Waals surface area (Å²) >= 11 is 0. The van der Waals surface area contributed by atoms with Crippen LogP contribution in [-0.4, -0.2) is 32.7 Å². The number of benzene rings is 2. The highest BCUT2D eigenvalue weighted by atomic mass is 19.1. The molecule has 1 heterocycles. The van der Waals surface area contributed by atoms with Crippen LogP contribution in [0.4, 0.5) is 9.18 Å². The fourth-order valence-electron chi connectivity index (χ4n) is 3.64.